The van der Waals surface area contributed by atoms with E-state index in [1.165, 1.54) is 154 Å². The topological polar surface area (TPSA) is 605 Å². The number of rotatable bonds is 24. The van der Waals surface area contributed by atoms with Gasteiger partial charge in [0.1, 0.15) is 70.6 Å². The average Bonchev–Trinajstić information content (AvgIpc) is 0.774. The quantitative estimate of drug-likeness (QED) is 0.0206. The molecule has 0 spiro atoms. The Morgan fingerprint density at radius 3 is 0.333 bits per heavy atom. The SMILES string of the molecule is COc1c2cc(C[P+]([O-])([O-])[O-])cc1Cc1cc(C[P+]([O-])([O-])[O-])cc(c1OC)Cc1cc(C[P+]([O-])(O)O)cc(c1OC)Cc1cc(C[P+]([O-])(O)O)cc(c1OC)Cc1cc(C[P+]([O-])(O)O)cc(c1OC)Cc1cc(C[P+]([O-])(O)O)cc(c1OC)Cc1cc(C[P+]([O-])([O-])[O-])cc(c1OC)Cc1cc(C[P+]([O-])([O-])[O-])cc(c1OC)C2.[Na+].[Na+].[Na+].[Na+].[Na+].[Na+].[Na+].[Na+]. The van der Waals surface area contributed by atoms with Crippen molar-refractivity contribution in [3.05, 3.63) is 231 Å². The van der Waals surface area contributed by atoms with Crippen LogP contribution in [0, 0.1) is 0 Å². The second-order valence-electron chi connectivity index (χ2n) is 27.4. The monoisotopic (exact) mass is 1890 g/mol. The summed E-state index contributed by atoms with van der Waals surface area (Å²) in [6.07, 6.45) is -11.1. The van der Waals surface area contributed by atoms with Crippen LogP contribution in [-0.2, 0) is 101 Å². The summed E-state index contributed by atoms with van der Waals surface area (Å²) in [5, 5.41) is 0. The van der Waals surface area contributed by atoms with Crippen LogP contribution in [0.15, 0.2) is 97.1 Å². The first-order valence-electron chi connectivity index (χ1n) is 33.7. The van der Waals surface area contributed by atoms with Crippen LogP contribution < -0.4 is 353 Å². The molecular formula is C72H80Na8O32P8. The van der Waals surface area contributed by atoms with E-state index in [1.54, 1.807) is 0 Å². The van der Waals surface area contributed by atoms with Crippen molar-refractivity contribution in [1.82, 2.24) is 0 Å². The largest absolute Gasteiger partial charge is 1.00 e. The molecule has 8 N–H and O–H groups in total. The first-order valence-corrected chi connectivity index (χ1v) is 47.8. The number of hydrogen-bond acceptors (Lipinski definition) is 32. The molecule has 9 rings (SSSR count). The van der Waals surface area contributed by atoms with Crippen molar-refractivity contribution in [3.63, 3.8) is 0 Å². The normalized spacial score (nSPS) is 12.8. The minimum absolute atomic E-state index is 0. The summed E-state index contributed by atoms with van der Waals surface area (Å²) in [6.45, 7) is 0. The Kier molecular flexibility index (Phi) is 51.1. The molecule has 120 heavy (non-hydrogen) atoms. The van der Waals surface area contributed by atoms with Crippen LogP contribution in [0.3, 0.4) is 0 Å². The van der Waals surface area contributed by atoms with Crippen LogP contribution in [0.5, 0.6) is 46.0 Å². The molecule has 0 radical (unpaired) electrons. The minimum atomic E-state index is -5.49. The van der Waals surface area contributed by atoms with Crippen molar-refractivity contribution >= 4 is 63.5 Å². The standard InChI is InChI=1S/C72H88O32P8.8Na/c1-97-65-49-9-41(33-105(73,74)75)10-50(65)26-52-12-43(35-107(79,80)81)14-54(67(52)99-3)28-56-16-45(37-109(85,86)87)18-58(69(56)101-5)30-60-20-47(39-111(91,92)93)22-62(71(60)103-7)32-64-24-48(40-112(94,95)96)23-63(72(64)104-8)31-61-21-46(38-110(88,89)90)19-59(70(61)102-6)29-57-17-44(36-108(82,83)84)15-55(68(57)100-4)27-53-13-42(34-106(76,77)78)11-51(25-49)66(53)98-2;;;;;;;;/h9-24H,25-40H2,1-8H3,(H2,73,74,75)(H2,76,77,78)(H2,79,80,81)(H2,82,83,84)(H2,85,86,87)(H2,88,89,90)(H2,91,92,93)(H2,94,95,96);;;;;;;;/q;8*+1/p-8. The molecule has 0 amide bonds. The summed E-state index contributed by atoms with van der Waals surface area (Å²) >= 11 is 0. The Balaban J connectivity index is 0.00000900. The van der Waals surface area contributed by atoms with Crippen LogP contribution in [0.1, 0.15) is 134 Å². The van der Waals surface area contributed by atoms with Gasteiger partial charge in [0.25, 0.3) is 0 Å². The summed E-state index contributed by atoms with van der Waals surface area (Å²) in [4.78, 5) is 291. The molecule has 8 aromatic carbocycles. The van der Waals surface area contributed by atoms with E-state index >= 15 is 0 Å². The summed E-state index contributed by atoms with van der Waals surface area (Å²) in [5.41, 5.74) is 1.29. The number of methoxy groups -OCH3 is 8. The van der Waals surface area contributed by atoms with E-state index in [0.29, 0.717) is 0 Å². The first-order chi connectivity index (χ1) is 51.9. The van der Waals surface area contributed by atoms with E-state index < -0.39 is 132 Å². The third kappa shape index (κ3) is 36.1. The second-order valence-corrected chi connectivity index (χ2v) is 40.1. The molecule has 0 aromatic heterocycles. The fraction of sp³-hybridized carbons (Fsp3) is 0.333. The maximum Gasteiger partial charge on any atom is 1.00 e. The van der Waals surface area contributed by atoms with Gasteiger partial charge in [-0.05, 0) is 231 Å². The van der Waals surface area contributed by atoms with Crippen LogP contribution >= 0.6 is 63.5 Å². The van der Waals surface area contributed by atoms with Crippen LogP contribution in [-0.4, -0.2) is 96.0 Å². The number of fused-ring (bicyclic) bond motifs is 16. The molecule has 0 fully saturated rings. The molecular weight excluding hydrogens is 1810 g/mol. The summed E-state index contributed by atoms with van der Waals surface area (Å²) in [7, 11) is -31.9. The first kappa shape index (κ1) is 121. The fourth-order valence-electron chi connectivity index (χ4n) is 15.0. The van der Waals surface area contributed by atoms with Crippen LogP contribution in [0.25, 0.3) is 0 Å². The van der Waals surface area contributed by atoms with Crippen molar-refractivity contribution in [2.75, 3.05) is 56.9 Å². The minimum Gasteiger partial charge on any atom is -0.687 e. The maximum atomic E-state index is 13.1. The molecule has 0 saturated carbocycles. The van der Waals surface area contributed by atoms with Gasteiger partial charge in [-0.1, -0.05) is 0 Å². The van der Waals surface area contributed by atoms with Gasteiger partial charge < -0.3 is 116 Å². The molecule has 1 aliphatic carbocycles. The van der Waals surface area contributed by atoms with E-state index in [-0.39, 0.29) is 448 Å². The summed E-state index contributed by atoms with van der Waals surface area (Å²) in [5.74, 6) is -0.0464. The van der Waals surface area contributed by atoms with Crippen molar-refractivity contribution in [1.29, 1.82) is 0 Å². The van der Waals surface area contributed by atoms with Crippen LogP contribution in [0.4, 0.5) is 0 Å². The molecule has 0 unspecified atom stereocenters. The zero-order valence-corrected chi connectivity index (χ0v) is 92.7. The van der Waals surface area contributed by atoms with E-state index in [9.17, 15) is 117 Å². The summed E-state index contributed by atoms with van der Waals surface area (Å²) < 4.78 is 49.0. The molecule has 1 aliphatic rings. The zero-order chi connectivity index (χ0) is 82.8. The van der Waals surface area contributed by atoms with E-state index in [1.807, 2.05) is 0 Å². The van der Waals surface area contributed by atoms with Crippen molar-refractivity contribution < 1.29 is 392 Å². The Morgan fingerprint density at radius 2 is 0.267 bits per heavy atom. The van der Waals surface area contributed by atoms with Gasteiger partial charge in [-0.25, -0.2) is 39.1 Å². The van der Waals surface area contributed by atoms with E-state index in [0.717, 1.165) is 0 Å². The van der Waals surface area contributed by atoms with Crippen LogP contribution in [0.2, 0.25) is 0 Å². The fourth-order valence-corrected chi connectivity index (χ4v) is 20.2. The number of benzene rings is 8. The second kappa shape index (κ2) is 50.8. The predicted octanol–water partition coefficient (Wildman–Crippen LogP) is -27.4. The van der Waals surface area contributed by atoms with Gasteiger partial charge in [0.05, 0.1) is 81.5 Å². The van der Waals surface area contributed by atoms with Gasteiger partial charge in [0.15, 0.2) is 0 Å². The van der Waals surface area contributed by atoms with E-state index in [4.69, 9.17) is 37.9 Å². The molecule has 8 aromatic rings. The van der Waals surface area contributed by atoms with Gasteiger partial charge in [0.2, 0.25) is 31.8 Å². The van der Waals surface area contributed by atoms with Crippen molar-refractivity contribution in [2.24, 2.45) is 0 Å². The number of ether oxygens (including phenoxy) is 8. The molecule has 0 saturated heterocycles. The predicted molar refractivity (Wildman–Crippen MR) is 389 cm³/mol. The van der Waals surface area contributed by atoms with Crippen molar-refractivity contribution in [3.8, 4) is 46.0 Å². The Labute approximate surface area is 877 Å². The third-order valence-corrected chi connectivity index (χ3v) is 24.3. The molecule has 0 aliphatic heterocycles. The van der Waals surface area contributed by atoms with Gasteiger partial charge >= 0.3 is 236 Å². The van der Waals surface area contributed by atoms with Crippen molar-refractivity contribution in [2.45, 2.75) is 101 Å². The average molecular weight is 1890 g/mol. The number of hydrogen-bond donors (Lipinski definition) is 8. The smallest absolute Gasteiger partial charge is 0.687 e. The van der Waals surface area contributed by atoms with Gasteiger partial charge in [-0.2, -0.15) is 31.8 Å². The molecule has 32 nitrogen and oxygen atoms in total. The maximum absolute atomic E-state index is 13.1. The van der Waals surface area contributed by atoms with E-state index in [2.05, 4.69) is 0 Å². The summed E-state index contributed by atoms with van der Waals surface area (Å²) in [6, 6.07) is 21.6. The molecule has 48 heteroatoms. The molecule has 0 heterocycles. The third-order valence-electron chi connectivity index (χ3n) is 18.2. The Bertz CT molecular complexity index is 3700. The molecule has 0 atom stereocenters. The Morgan fingerprint density at radius 1 is 0.183 bits per heavy atom. The van der Waals surface area contributed by atoms with Gasteiger partial charge in [-0.3, -0.25) is 0 Å². The molecule has 16 bridgehead atoms. The van der Waals surface area contributed by atoms with Gasteiger partial charge in [-0.15, -0.1) is 0 Å². The zero-order valence-electron chi connectivity index (χ0n) is 69.5. The van der Waals surface area contributed by atoms with Gasteiger partial charge in [0, 0.05) is 51.4 Å². The Hall–Kier alpha value is 2.64. The molecule has 608 valence electrons.